The first-order valence-electron chi connectivity index (χ1n) is 9.59. The Kier molecular flexibility index (Phi) is 5.48. The summed E-state index contributed by atoms with van der Waals surface area (Å²) in [6.07, 6.45) is 3.83. The average molecular weight is 376 g/mol. The number of nitrogens with one attached hydrogen (secondary N) is 1. The van der Waals surface area contributed by atoms with Crippen LogP contribution in [0.3, 0.4) is 0 Å². The van der Waals surface area contributed by atoms with E-state index in [4.69, 9.17) is 9.72 Å². The minimum atomic E-state index is -0.129. The molecule has 0 bridgehead atoms. The third-order valence-corrected chi connectivity index (χ3v) is 5.13. The lowest BCUT2D eigenvalue weighted by Gasteiger charge is -2.32. The summed E-state index contributed by atoms with van der Waals surface area (Å²) in [5.41, 5.74) is 2.63. The molecule has 3 heterocycles. The minimum Gasteiger partial charge on any atom is -0.497 e. The summed E-state index contributed by atoms with van der Waals surface area (Å²) in [5.74, 6) is 1.65. The Labute approximate surface area is 164 Å². The largest absolute Gasteiger partial charge is 0.497 e. The van der Waals surface area contributed by atoms with Gasteiger partial charge in [-0.2, -0.15) is 0 Å². The number of pyridine rings is 1. The summed E-state index contributed by atoms with van der Waals surface area (Å²) in [4.78, 5) is 26.5. The van der Waals surface area contributed by atoms with Crippen molar-refractivity contribution in [2.75, 3.05) is 20.2 Å². The van der Waals surface area contributed by atoms with E-state index in [2.05, 4.69) is 27.0 Å². The SMILES string of the molecule is COc1cccc(CN2CCCC(c3cc(=O)[nH]c(-c4ccccn4)n3)C2)c1. The molecule has 28 heavy (non-hydrogen) atoms. The second kappa shape index (κ2) is 8.35. The Balaban J connectivity index is 1.53. The molecule has 1 saturated heterocycles. The topological polar surface area (TPSA) is 71.1 Å². The van der Waals surface area contributed by atoms with Crippen molar-refractivity contribution >= 4 is 0 Å². The van der Waals surface area contributed by atoms with Crippen LogP contribution in [0.5, 0.6) is 5.75 Å². The summed E-state index contributed by atoms with van der Waals surface area (Å²) in [6.45, 7) is 2.79. The fourth-order valence-electron chi connectivity index (χ4n) is 3.78. The first-order valence-corrected chi connectivity index (χ1v) is 9.59. The zero-order valence-corrected chi connectivity index (χ0v) is 16.0. The predicted octanol–water partition coefficient (Wildman–Crippen LogP) is 3.22. The molecule has 1 aliphatic heterocycles. The molecule has 3 aromatic rings. The highest BCUT2D eigenvalue weighted by atomic mass is 16.5. The lowest BCUT2D eigenvalue weighted by Crippen LogP contribution is -2.34. The Morgan fingerprint density at radius 1 is 1.21 bits per heavy atom. The van der Waals surface area contributed by atoms with E-state index in [0.29, 0.717) is 11.5 Å². The fraction of sp³-hybridized carbons (Fsp3) is 0.318. The molecular weight excluding hydrogens is 352 g/mol. The van der Waals surface area contributed by atoms with Crippen molar-refractivity contribution in [2.24, 2.45) is 0 Å². The third kappa shape index (κ3) is 4.28. The van der Waals surface area contributed by atoms with Crippen LogP contribution in [0.4, 0.5) is 0 Å². The number of nitrogens with zero attached hydrogens (tertiary/aromatic N) is 3. The lowest BCUT2D eigenvalue weighted by molar-refractivity contribution is 0.198. The molecule has 1 unspecified atom stereocenters. The van der Waals surface area contributed by atoms with Crippen LogP contribution in [-0.2, 0) is 6.54 Å². The Morgan fingerprint density at radius 2 is 2.14 bits per heavy atom. The average Bonchev–Trinajstić information content (AvgIpc) is 2.74. The van der Waals surface area contributed by atoms with Gasteiger partial charge < -0.3 is 9.72 Å². The monoisotopic (exact) mass is 376 g/mol. The van der Waals surface area contributed by atoms with Crippen molar-refractivity contribution in [3.8, 4) is 17.3 Å². The molecule has 0 amide bonds. The molecule has 6 nitrogen and oxygen atoms in total. The van der Waals surface area contributed by atoms with E-state index >= 15 is 0 Å². The zero-order chi connectivity index (χ0) is 19.3. The van der Waals surface area contributed by atoms with Crippen LogP contribution in [-0.4, -0.2) is 40.1 Å². The van der Waals surface area contributed by atoms with Crippen LogP contribution >= 0.6 is 0 Å². The van der Waals surface area contributed by atoms with Crippen LogP contribution in [0, 0.1) is 0 Å². The Hall–Kier alpha value is -2.99. The number of benzene rings is 1. The van der Waals surface area contributed by atoms with E-state index < -0.39 is 0 Å². The molecule has 4 rings (SSSR count). The molecule has 1 aliphatic rings. The van der Waals surface area contributed by atoms with E-state index in [0.717, 1.165) is 43.9 Å². The molecule has 6 heteroatoms. The number of piperidine rings is 1. The summed E-state index contributed by atoms with van der Waals surface area (Å²) in [6, 6.07) is 15.4. The molecule has 0 saturated carbocycles. The Bertz CT molecular complexity index is 987. The van der Waals surface area contributed by atoms with Gasteiger partial charge >= 0.3 is 0 Å². The first-order chi connectivity index (χ1) is 13.7. The van der Waals surface area contributed by atoms with Crippen LogP contribution in [0.1, 0.15) is 30.0 Å². The van der Waals surface area contributed by atoms with Crippen LogP contribution in [0.15, 0.2) is 59.5 Å². The number of aromatic nitrogens is 3. The predicted molar refractivity (Wildman–Crippen MR) is 108 cm³/mol. The second-order valence-corrected chi connectivity index (χ2v) is 7.16. The molecular formula is C22H24N4O2. The summed E-state index contributed by atoms with van der Waals surface area (Å²) in [5, 5.41) is 0. The van der Waals surface area contributed by atoms with Gasteiger partial charge in [0.2, 0.25) is 0 Å². The highest BCUT2D eigenvalue weighted by molar-refractivity contribution is 5.48. The molecule has 0 spiro atoms. The van der Waals surface area contributed by atoms with Crippen molar-refractivity contribution in [2.45, 2.75) is 25.3 Å². The lowest BCUT2D eigenvalue weighted by atomic mass is 9.94. The maximum Gasteiger partial charge on any atom is 0.251 e. The zero-order valence-electron chi connectivity index (χ0n) is 16.0. The van der Waals surface area contributed by atoms with Crippen LogP contribution < -0.4 is 10.3 Å². The van der Waals surface area contributed by atoms with Gasteiger partial charge in [0, 0.05) is 31.3 Å². The normalized spacial score (nSPS) is 17.4. The Morgan fingerprint density at radius 3 is 2.96 bits per heavy atom. The smallest absolute Gasteiger partial charge is 0.251 e. The molecule has 0 radical (unpaired) electrons. The van der Waals surface area contributed by atoms with Gasteiger partial charge in [0.05, 0.1) is 12.8 Å². The molecule has 1 aromatic carbocycles. The molecule has 2 aromatic heterocycles. The number of likely N-dealkylation sites (tertiary alicyclic amines) is 1. The molecule has 0 aliphatic carbocycles. The van der Waals surface area contributed by atoms with Gasteiger partial charge in [-0.05, 0) is 49.2 Å². The van der Waals surface area contributed by atoms with Crippen molar-refractivity contribution in [3.63, 3.8) is 0 Å². The van der Waals surface area contributed by atoms with Crippen LogP contribution in [0.25, 0.3) is 11.5 Å². The number of aromatic amines is 1. The fourth-order valence-corrected chi connectivity index (χ4v) is 3.78. The standard InChI is InChI=1S/C22H24N4O2/c1-28-18-8-4-6-16(12-18)14-26-11-5-7-17(15-26)20-13-21(27)25-22(24-20)19-9-2-3-10-23-19/h2-4,6,8-10,12-13,17H,5,7,11,14-15H2,1H3,(H,24,25,27). The number of methoxy groups -OCH3 is 1. The van der Waals surface area contributed by atoms with E-state index in [1.54, 1.807) is 19.4 Å². The van der Waals surface area contributed by atoms with Crippen molar-refractivity contribution in [1.82, 2.24) is 19.9 Å². The number of ether oxygens (including phenoxy) is 1. The van der Waals surface area contributed by atoms with Crippen molar-refractivity contribution < 1.29 is 4.74 Å². The molecule has 1 atom stereocenters. The first kappa shape index (κ1) is 18.4. The maximum absolute atomic E-state index is 12.2. The number of hydrogen-bond acceptors (Lipinski definition) is 5. The molecule has 1 fully saturated rings. The van der Waals surface area contributed by atoms with Gasteiger partial charge in [-0.3, -0.25) is 14.7 Å². The number of H-pyrrole nitrogens is 1. The number of hydrogen-bond donors (Lipinski definition) is 1. The second-order valence-electron chi connectivity index (χ2n) is 7.16. The van der Waals surface area contributed by atoms with Crippen LogP contribution in [0.2, 0.25) is 0 Å². The third-order valence-electron chi connectivity index (χ3n) is 5.13. The molecule has 1 N–H and O–H groups in total. The summed E-state index contributed by atoms with van der Waals surface area (Å²) in [7, 11) is 1.69. The van der Waals surface area contributed by atoms with E-state index in [1.807, 2.05) is 30.3 Å². The minimum absolute atomic E-state index is 0.129. The quantitative estimate of drug-likeness (QED) is 0.740. The van der Waals surface area contributed by atoms with E-state index in [1.165, 1.54) is 5.56 Å². The number of rotatable bonds is 5. The van der Waals surface area contributed by atoms with E-state index in [-0.39, 0.29) is 11.5 Å². The van der Waals surface area contributed by atoms with Crippen molar-refractivity contribution in [3.05, 3.63) is 76.3 Å². The summed E-state index contributed by atoms with van der Waals surface area (Å²) < 4.78 is 5.33. The van der Waals surface area contributed by atoms with Gasteiger partial charge in [0.25, 0.3) is 5.56 Å². The van der Waals surface area contributed by atoms with E-state index in [9.17, 15) is 4.79 Å². The summed E-state index contributed by atoms with van der Waals surface area (Å²) >= 11 is 0. The van der Waals surface area contributed by atoms with Gasteiger partial charge in [0.1, 0.15) is 11.4 Å². The van der Waals surface area contributed by atoms with Gasteiger partial charge in [-0.15, -0.1) is 0 Å². The van der Waals surface area contributed by atoms with Crippen molar-refractivity contribution in [1.29, 1.82) is 0 Å². The maximum atomic E-state index is 12.2. The van der Waals surface area contributed by atoms with Gasteiger partial charge in [0.15, 0.2) is 5.82 Å². The highest BCUT2D eigenvalue weighted by Gasteiger charge is 2.23. The van der Waals surface area contributed by atoms with Gasteiger partial charge in [-0.25, -0.2) is 4.98 Å². The molecule has 144 valence electrons. The van der Waals surface area contributed by atoms with Gasteiger partial charge in [-0.1, -0.05) is 18.2 Å². The highest BCUT2D eigenvalue weighted by Crippen LogP contribution is 2.27.